The average molecular weight is 385 g/mol. The number of rotatable bonds is 4. The van der Waals surface area contributed by atoms with Gasteiger partial charge in [0.05, 0.1) is 0 Å². The van der Waals surface area contributed by atoms with Crippen LogP contribution in [0.3, 0.4) is 0 Å². The van der Waals surface area contributed by atoms with Gasteiger partial charge in [0.15, 0.2) is 0 Å². The predicted molar refractivity (Wildman–Crippen MR) is 106 cm³/mol. The first kappa shape index (κ1) is 15.8. The van der Waals surface area contributed by atoms with E-state index in [2.05, 4.69) is 94.9 Å². The molecule has 0 unspecified atom stereocenters. The van der Waals surface area contributed by atoms with Gasteiger partial charge in [-0.05, 0) is 0 Å². The third-order valence-electron chi connectivity index (χ3n) is 4.39. The number of nitrogens with zero attached hydrogens (tertiary/aromatic N) is 2. The summed E-state index contributed by atoms with van der Waals surface area (Å²) in [5.74, 6) is 0. The molecule has 0 aliphatic carbocycles. The molecule has 0 N–H and O–H groups in total. The van der Waals surface area contributed by atoms with E-state index in [9.17, 15) is 0 Å². The number of hydrogen-bond acceptors (Lipinski definition) is 2. The third-order valence-corrected chi connectivity index (χ3v) is 13.4. The number of benzene rings is 2. The van der Waals surface area contributed by atoms with Crippen molar-refractivity contribution in [1.29, 1.82) is 0 Å². The van der Waals surface area contributed by atoms with E-state index in [1.807, 2.05) is 24.8 Å². The molecular formula is C22H18AsN2+. The Kier molecular flexibility index (Phi) is 4.45. The van der Waals surface area contributed by atoms with E-state index in [4.69, 9.17) is 0 Å². The Morgan fingerprint density at radius 2 is 0.720 bits per heavy atom. The van der Waals surface area contributed by atoms with Gasteiger partial charge in [-0.3, -0.25) is 0 Å². The Morgan fingerprint density at radius 1 is 0.400 bits per heavy atom. The average Bonchev–Trinajstić information content (AvgIpc) is 2.72. The third kappa shape index (κ3) is 2.79. The van der Waals surface area contributed by atoms with Crippen LogP contribution in [0.4, 0.5) is 0 Å². The number of hydrogen-bond donors (Lipinski definition) is 0. The van der Waals surface area contributed by atoms with E-state index in [0.29, 0.717) is 0 Å². The van der Waals surface area contributed by atoms with Crippen LogP contribution in [0.25, 0.3) is 0 Å². The molecule has 0 atom stereocenters. The molecule has 25 heavy (non-hydrogen) atoms. The van der Waals surface area contributed by atoms with Gasteiger partial charge in [0.1, 0.15) is 0 Å². The molecule has 0 bridgehead atoms. The van der Waals surface area contributed by atoms with Crippen LogP contribution in [0.1, 0.15) is 0 Å². The molecule has 0 spiro atoms. The molecule has 2 heterocycles. The molecule has 0 amide bonds. The van der Waals surface area contributed by atoms with Gasteiger partial charge in [0, 0.05) is 0 Å². The minimum absolute atomic E-state index is 1.36. The van der Waals surface area contributed by atoms with Crippen molar-refractivity contribution in [1.82, 2.24) is 9.97 Å². The van der Waals surface area contributed by atoms with E-state index in [1.165, 1.54) is 17.4 Å². The summed E-state index contributed by atoms with van der Waals surface area (Å²) in [6.07, 6.45) is 7.61. The van der Waals surface area contributed by atoms with E-state index >= 15 is 0 Å². The summed E-state index contributed by atoms with van der Waals surface area (Å²) in [6.45, 7) is 0. The Hall–Kier alpha value is -2.70. The maximum atomic E-state index is 4.26. The van der Waals surface area contributed by atoms with Crippen LogP contribution in [0.5, 0.6) is 0 Å². The van der Waals surface area contributed by atoms with Crippen molar-refractivity contribution in [2.75, 3.05) is 0 Å². The van der Waals surface area contributed by atoms with Gasteiger partial charge in [-0.25, -0.2) is 0 Å². The van der Waals surface area contributed by atoms with Gasteiger partial charge in [-0.15, -0.1) is 0 Å². The molecule has 0 aliphatic rings. The van der Waals surface area contributed by atoms with Crippen LogP contribution in [-0.4, -0.2) is 23.5 Å². The summed E-state index contributed by atoms with van der Waals surface area (Å²) < 4.78 is 5.50. The summed E-state index contributed by atoms with van der Waals surface area (Å²) in [5.41, 5.74) is 0. The van der Waals surface area contributed by atoms with Crippen LogP contribution in [0, 0.1) is 0 Å². The molecule has 2 nitrogen and oxygen atoms in total. The van der Waals surface area contributed by atoms with E-state index in [-0.39, 0.29) is 0 Å². The van der Waals surface area contributed by atoms with Crippen molar-refractivity contribution in [3.63, 3.8) is 0 Å². The van der Waals surface area contributed by atoms with Gasteiger partial charge in [0.25, 0.3) is 0 Å². The van der Waals surface area contributed by atoms with E-state index in [0.717, 1.165) is 0 Å². The van der Waals surface area contributed by atoms with E-state index < -0.39 is 13.6 Å². The zero-order chi connectivity index (χ0) is 17.0. The SMILES string of the molecule is c1ccc([As+](c2ccccc2)(c2ccncc2)c2ccncc2)cc1. The Bertz CT molecular complexity index is 763. The van der Waals surface area contributed by atoms with Crippen LogP contribution >= 0.6 is 0 Å². The zero-order valence-electron chi connectivity index (χ0n) is 13.7. The van der Waals surface area contributed by atoms with Crippen molar-refractivity contribution in [2.45, 2.75) is 0 Å². The fourth-order valence-corrected chi connectivity index (χ4v) is 12.1. The molecule has 0 aliphatic heterocycles. The van der Waals surface area contributed by atoms with Gasteiger partial charge in [0.2, 0.25) is 0 Å². The molecule has 4 aromatic rings. The number of aromatic nitrogens is 2. The van der Waals surface area contributed by atoms with Crippen molar-refractivity contribution in [2.24, 2.45) is 0 Å². The molecule has 0 saturated carbocycles. The summed E-state index contributed by atoms with van der Waals surface area (Å²) in [7, 11) is 0. The van der Waals surface area contributed by atoms with Crippen molar-refractivity contribution >= 4 is 31.0 Å². The standard InChI is InChI=1S/C22H18AsN2/c1-3-7-19(8-4-1)23(20-9-5-2-6-10-20,21-11-15-24-16-12-21)22-13-17-25-18-14-22/h1-18H/q+1. The predicted octanol–water partition coefficient (Wildman–Crippen LogP) is 1.85. The molecule has 0 saturated heterocycles. The fraction of sp³-hybridized carbons (Fsp3) is 0. The van der Waals surface area contributed by atoms with Crippen molar-refractivity contribution < 1.29 is 0 Å². The quantitative estimate of drug-likeness (QED) is 0.501. The Balaban J connectivity index is 2.13. The summed E-state index contributed by atoms with van der Waals surface area (Å²) >= 11 is -2.85. The molecule has 120 valence electrons. The first-order valence-corrected chi connectivity index (χ1v) is 12.0. The van der Waals surface area contributed by atoms with Gasteiger partial charge < -0.3 is 0 Å². The van der Waals surface area contributed by atoms with Crippen molar-refractivity contribution in [3.05, 3.63) is 110 Å². The zero-order valence-corrected chi connectivity index (χ0v) is 15.6. The Labute approximate surface area is 150 Å². The summed E-state index contributed by atoms with van der Waals surface area (Å²) in [6, 6.07) is 30.5. The summed E-state index contributed by atoms with van der Waals surface area (Å²) in [5, 5.41) is 0. The normalized spacial score (nSPS) is 11.2. The first-order valence-electron chi connectivity index (χ1n) is 8.24. The van der Waals surface area contributed by atoms with E-state index in [1.54, 1.807) is 0 Å². The molecule has 3 heteroatoms. The summed E-state index contributed by atoms with van der Waals surface area (Å²) in [4.78, 5) is 8.51. The first-order chi connectivity index (χ1) is 12.4. The fourth-order valence-electron chi connectivity index (χ4n) is 3.33. The second-order valence-corrected chi connectivity index (χ2v) is 12.9. The van der Waals surface area contributed by atoms with Crippen LogP contribution < -0.4 is 17.4 Å². The molecule has 0 fully saturated rings. The number of pyridine rings is 2. The molecule has 0 radical (unpaired) electrons. The van der Waals surface area contributed by atoms with Crippen LogP contribution in [0.2, 0.25) is 0 Å². The maximum absolute atomic E-state index is 4.26. The van der Waals surface area contributed by atoms with Crippen molar-refractivity contribution in [3.8, 4) is 0 Å². The monoisotopic (exact) mass is 385 g/mol. The topological polar surface area (TPSA) is 25.8 Å². The van der Waals surface area contributed by atoms with Gasteiger partial charge in [-0.2, -0.15) is 0 Å². The molecular weight excluding hydrogens is 367 g/mol. The van der Waals surface area contributed by atoms with Gasteiger partial charge >= 0.3 is 151 Å². The molecule has 2 aromatic carbocycles. The second-order valence-electron chi connectivity index (χ2n) is 5.75. The second kappa shape index (κ2) is 7.04. The Morgan fingerprint density at radius 3 is 1.08 bits per heavy atom. The molecule has 2 aromatic heterocycles. The minimum atomic E-state index is -2.85. The van der Waals surface area contributed by atoms with Crippen LogP contribution in [0.15, 0.2) is 110 Å². The van der Waals surface area contributed by atoms with Crippen LogP contribution in [-0.2, 0) is 0 Å². The van der Waals surface area contributed by atoms with Gasteiger partial charge in [-0.1, -0.05) is 0 Å². The molecule has 4 rings (SSSR count).